The lowest BCUT2D eigenvalue weighted by molar-refractivity contribution is 0.0945. The summed E-state index contributed by atoms with van der Waals surface area (Å²) in [5.74, 6) is -0.224. The number of hydrogen-bond acceptors (Lipinski definition) is 3. The van der Waals surface area contributed by atoms with Crippen molar-refractivity contribution in [2.75, 3.05) is 18.5 Å². The van der Waals surface area contributed by atoms with Gasteiger partial charge in [0.2, 0.25) is 0 Å². The van der Waals surface area contributed by atoms with Crippen molar-refractivity contribution in [1.82, 2.24) is 5.32 Å². The fourth-order valence-electron chi connectivity index (χ4n) is 1.92. The molecule has 2 aromatic carbocycles. The Morgan fingerprint density at radius 1 is 1.14 bits per heavy atom. The first-order valence-electron chi connectivity index (χ1n) is 6.77. The van der Waals surface area contributed by atoms with Crippen LogP contribution in [0.2, 0.25) is 10.0 Å². The number of carbonyl (C=O) groups excluding carboxylic acids is 1. The molecule has 0 aliphatic heterocycles. The number of aliphatic hydroxyl groups excluding tert-OH is 1. The Labute approximate surface area is 139 Å². The van der Waals surface area contributed by atoms with E-state index in [1.54, 1.807) is 24.3 Å². The third kappa shape index (κ3) is 4.37. The van der Waals surface area contributed by atoms with Gasteiger partial charge in [-0.05, 0) is 29.8 Å². The van der Waals surface area contributed by atoms with E-state index >= 15 is 0 Å². The number of anilines is 1. The molecule has 0 spiro atoms. The van der Waals surface area contributed by atoms with E-state index in [0.29, 0.717) is 22.2 Å². The van der Waals surface area contributed by atoms with Crippen LogP contribution >= 0.6 is 23.2 Å². The van der Waals surface area contributed by atoms with Crippen molar-refractivity contribution >= 4 is 34.8 Å². The second kappa shape index (κ2) is 8.03. The molecular weight excluding hydrogens is 323 g/mol. The average Bonchev–Trinajstić information content (AvgIpc) is 2.54. The molecule has 0 aliphatic carbocycles. The van der Waals surface area contributed by atoms with Gasteiger partial charge >= 0.3 is 0 Å². The maximum absolute atomic E-state index is 11.8. The number of amides is 1. The van der Waals surface area contributed by atoms with Gasteiger partial charge < -0.3 is 15.7 Å². The molecule has 0 bridgehead atoms. The third-order valence-electron chi connectivity index (χ3n) is 3.04. The maximum Gasteiger partial charge on any atom is 0.251 e. The summed E-state index contributed by atoms with van der Waals surface area (Å²) in [7, 11) is 0. The lowest BCUT2D eigenvalue weighted by atomic mass is 10.1. The molecule has 3 N–H and O–H groups in total. The molecule has 0 aliphatic rings. The van der Waals surface area contributed by atoms with E-state index in [-0.39, 0.29) is 19.1 Å². The van der Waals surface area contributed by atoms with Crippen molar-refractivity contribution in [2.45, 2.75) is 6.54 Å². The van der Waals surface area contributed by atoms with Crippen LogP contribution in [0.4, 0.5) is 5.69 Å². The third-order valence-corrected chi connectivity index (χ3v) is 3.89. The molecule has 0 aromatic heterocycles. The molecule has 116 valence electrons. The first-order chi connectivity index (χ1) is 10.6. The van der Waals surface area contributed by atoms with Crippen molar-refractivity contribution in [3.63, 3.8) is 0 Å². The highest BCUT2D eigenvalue weighted by atomic mass is 35.5. The first kappa shape index (κ1) is 16.6. The summed E-state index contributed by atoms with van der Waals surface area (Å²) in [5.41, 5.74) is 2.20. The standard InChI is InChI=1S/C16H16Cl2N2O2/c17-14-6-2-4-12(15(14)18)10-20-13-5-1-3-11(9-13)16(22)19-7-8-21/h1-6,9,20-21H,7-8,10H2,(H,19,22). The molecule has 0 radical (unpaired) electrons. The fourth-order valence-corrected chi connectivity index (χ4v) is 2.31. The smallest absolute Gasteiger partial charge is 0.251 e. The van der Waals surface area contributed by atoms with Crippen LogP contribution in [0.25, 0.3) is 0 Å². The van der Waals surface area contributed by atoms with Crippen LogP contribution in [-0.4, -0.2) is 24.2 Å². The van der Waals surface area contributed by atoms with Crippen LogP contribution in [0.15, 0.2) is 42.5 Å². The first-order valence-corrected chi connectivity index (χ1v) is 7.53. The number of carbonyl (C=O) groups is 1. The zero-order chi connectivity index (χ0) is 15.9. The Kier molecular flexibility index (Phi) is 6.07. The van der Waals surface area contributed by atoms with E-state index in [4.69, 9.17) is 28.3 Å². The molecule has 0 atom stereocenters. The van der Waals surface area contributed by atoms with Crippen molar-refractivity contribution in [1.29, 1.82) is 0 Å². The van der Waals surface area contributed by atoms with E-state index in [1.165, 1.54) is 0 Å². The minimum absolute atomic E-state index is 0.0864. The molecule has 1 amide bonds. The van der Waals surface area contributed by atoms with Gasteiger partial charge in [0, 0.05) is 24.3 Å². The number of hydrogen-bond donors (Lipinski definition) is 3. The molecule has 0 saturated carbocycles. The van der Waals surface area contributed by atoms with Crippen LogP contribution < -0.4 is 10.6 Å². The lowest BCUT2D eigenvalue weighted by Gasteiger charge is -2.10. The summed E-state index contributed by atoms with van der Waals surface area (Å²) < 4.78 is 0. The van der Waals surface area contributed by atoms with Crippen molar-refractivity contribution < 1.29 is 9.90 Å². The topological polar surface area (TPSA) is 61.4 Å². The highest BCUT2D eigenvalue weighted by Gasteiger charge is 2.07. The van der Waals surface area contributed by atoms with Crippen LogP contribution in [0.5, 0.6) is 0 Å². The molecule has 2 rings (SSSR count). The Hall–Kier alpha value is -1.75. The summed E-state index contributed by atoms with van der Waals surface area (Å²) in [4.78, 5) is 11.8. The van der Waals surface area contributed by atoms with E-state index < -0.39 is 0 Å². The van der Waals surface area contributed by atoms with Gasteiger partial charge in [-0.3, -0.25) is 4.79 Å². The van der Waals surface area contributed by atoms with Gasteiger partial charge in [0.15, 0.2) is 0 Å². The molecule has 2 aromatic rings. The molecule has 6 heteroatoms. The average molecular weight is 339 g/mol. The van der Waals surface area contributed by atoms with E-state index in [0.717, 1.165) is 11.3 Å². The van der Waals surface area contributed by atoms with Crippen LogP contribution in [0, 0.1) is 0 Å². The fraction of sp³-hybridized carbons (Fsp3) is 0.188. The van der Waals surface area contributed by atoms with Gasteiger partial charge in [-0.25, -0.2) is 0 Å². The maximum atomic E-state index is 11.8. The molecule has 0 heterocycles. The van der Waals surface area contributed by atoms with E-state index in [1.807, 2.05) is 18.2 Å². The predicted molar refractivity (Wildman–Crippen MR) is 89.6 cm³/mol. The second-order valence-corrected chi connectivity index (χ2v) is 5.41. The summed E-state index contributed by atoms with van der Waals surface area (Å²) in [6.07, 6.45) is 0. The minimum atomic E-state index is -0.224. The van der Waals surface area contributed by atoms with Gasteiger partial charge in [0.05, 0.1) is 16.7 Å². The largest absolute Gasteiger partial charge is 0.395 e. The molecule has 0 unspecified atom stereocenters. The number of nitrogens with one attached hydrogen (secondary N) is 2. The highest BCUT2D eigenvalue weighted by Crippen LogP contribution is 2.26. The van der Waals surface area contributed by atoms with Crippen molar-refractivity contribution in [3.05, 3.63) is 63.6 Å². The predicted octanol–water partition coefficient (Wildman–Crippen LogP) is 3.33. The van der Waals surface area contributed by atoms with Crippen LogP contribution in [0.1, 0.15) is 15.9 Å². The molecular formula is C16H16Cl2N2O2. The number of rotatable bonds is 6. The normalized spacial score (nSPS) is 10.3. The van der Waals surface area contributed by atoms with Crippen LogP contribution in [-0.2, 0) is 6.54 Å². The van der Waals surface area contributed by atoms with Gasteiger partial charge in [-0.1, -0.05) is 41.4 Å². The number of benzene rings is 2. The van der Waals surface area contributed by atoms with E-state index in [2.05, 4.69) is 10.6 Å². The molecule has 0 fully saturated rings. The van der Waals surface area contributed by atoms with Gasteiger partial charge in [0.25, 0.3) is 5.91 Å². The Balaban J connectivity index is 2.04. The molecule has 22 heavy (non-hydrogen) atoms. The van der Waals surface area contributed by atoms with Crippen molar-refractivity contribution in [3.8, 4) is 0 Å². The lowest BCUT2D eigenvalue weighted by Crippen LogP contribution is -2.26. The van der Waals surface area contributed by atoms with Gasteiger partial charge in [-0.15, -0.1) is 0 Å². The van der Waals surface area contributed by atoms with Gasteiger partial charge in [-0.2, -0.15) is 0 Å². The summed E-state index contributed by atoms with van der Waals surface area (Å²) in [6, 6.07) is 12.6. The quantitative estimate of drug-likeness (QED) is 0.757. The van der Waals surface area contributed by atoms with E-state index in [9.17, 15) is 4.79 Å². The van der Waals surface area contributed by atoms with Crippen molar-refractivity contribution in [2.24, 2.45) is 0 Å². The Morgan fingerprint density at radius 3 is 2.68 bits per heavy atom. The summed E-state index contributed by atoms with van der Waals surface area (Å²) >= 11 is 12.1. The zero-order valence-electron chi connectivity index (χ0n) is 11.8. The zero-order valence-corrected chi connectivity index (χ0v) is 13.3. The summed E-state index contributed by atoms with van der Waals surface area (Å²) in [5, 5.41) is 15.6. The monoisotopic (exact) mass is 338 g/mol. The second-order valence-electron chi connectivity index (χ2n) is 4.63. The number of halogens is 2. The molecule has 0 saturated heterocycles. The molecule has 4 nitrogen and oxygen atoms in total. The SMILES string of the molecule is O=C(NCCO)c1cccc(NCc2cccc(Cl)c2Cl)c1. The highest BCUT2D eigenvalue weighted by molar-refractivity contribution is 6.42. The Morgan fingerprint density at radius 2 is 1.91 bits per heavy atom. The summed E-state index contributed by atoms with van der Waals surface area (Å²) in [6.45, 7) is 0.645. The minimum Gasteiger partial charge on any atom is -0.395 e. The van der Waals surface area contributed by atoms with Crippen LogP contribution in [0.3, 0.4) is 0 Å². The Bertz CT molecular complexity index is 662. The van der Waals surface area contributed by atoms with Gasteiger partial charge in [0.1, 0.15) is 0 Å². The number of aliphatic hydroxyl groups is 1.